The van der Waals surface area contributed by atoms with Gasteiger partial charge in [-0.25, -0.2) is 4.79 Å². The van der Waals surface area contributed by atoms with E-state index in [1.165, 1.54) is 12.1 Å². The first kappa shape index (κ1) is 13.5. The van der Waals surface area contributed by atoms with Crippen LogP contribution in [-0.4, -0.2) is 29.6 Å². The third kappa shape index (κ3) is 3.54. The van der Waals surface area contributed by atoms with Crippen molar-refractivity contribution < 1.29 is 14.7 Å². The smallest absolute Gasteiger partial charge is 0.335 e. The maximum Gasteiger partial charge on any atom is 0.335 e. The van der Waals surface area contributed by atoms with Crippen LogP contribution in [0.15, 0.2) is 24.3 Å². The van der Waals surface area contributed by atoms with Gasteiger partial charge in [-0.15, -0.1) is 0 Å². The van der Waals surface area contributed by atoms with Gasteiger partial charge in [-0.05, 0) is 49.6 Å². The Labute approximate surface area is 112 Å². The van der Waals surface area contributed by atoms with E-state index in [-0.39, 0.29) is 17.5 Å². The Balaban J connectivity index is 1.96. The summed E-state index contributed by atoms with van der Waals surface area (Å²) in [4.78, 5) is 22.8. The van der Waals surface area contributed by atoms with Gasteiger partial charge >= 0.3 is 5.97 Å². The lowest BCUT2D eigenvalue weighted by atomic mass is 9.94. The topological polar surface area (TPSA) is 78.4 Å². The molecule has 1 aromatic rings. The minimum absolute atomic E-state index is 0.0605. The van der Waals surface area contributed by atoms with Gasteiger partial charge in [0, 0.05) is 5.69 Å². The van der Waals surface area contributed by atoms with Crippen molar-refractivity contribution in [2.45, 2.75) is 25.8 Å². The number of carboxylic acid groups (broad SMARTS) is 1. The fraction of sp³-hybridized carbons (Fsp3) is 0.429. The summed E-state index contributed by atoms with van der Waals surface area (Å²) in [6.45, 7) is 3.00. The zero-order valence-electron chi connectivity index (χ0n) is 10.8. The molecule has 1 saturated heterocycles. The molecule has 5 heteroatoms. The number of aromatic carboxylic acids is 1. The molecule has 0 bridgehead atoms. The van der Waals surface area contributed by atoms with Crippen LogP contribution in [0.5, 0.6) is 0 Å². The number of carbonyl (C=O) groups excluding carboxylic acids is 1. The van der Waals surface area contributed by atoms with Crippen LogP contribution < -0.4 is 10.6 Å². The quantitative estimate of drug-likeness (QED) is 0.775. The maximum atomic E-state index is 12.0. The highest BCUT2D eigenvalue weighted by atomic mass is 16.4. The normalized spacial score (nSPS) is 22.8. The van der Waals surface area contributed by atoms with Gasteiger partial charge in [0.05, 0.1) is 11.6 Å². The Kier molecular flexibility index (Phi) is 4.16. The number of hydrogen-bond donors (Lipinski definition) is 3. The molecule has 1 aliphatic heterocycles. The fourth-order valence-corrected chi connectivity index (χ4v) is 2.23. The average molecular weight is 262 g/mol. The average Bonchev–Trinajstić information content (AvgIpc) is 2.39. The number of anilines is 1. The van der Waals surface area contributed by atoms with E-state index >= 15 is 0 Å². The van der Waals surface area contributed by atoms with Gasteiger partial charge < -0.3 is 15.7 Å². The summed E-state index contributed by atoms with van der Waals surface area (Å²) < 4.78 is 0. The van der Waals surface area contributed by atoms with Gasteiger partial charge in [-0.2, -0.15) is 0 Å². The van der Waals surface area contributed by atoms with E-state index in [0.29, 0.717) is 11.6 Å². The molecule has 2 unspecified atom stereocenters. The Morgan fingerprint density at radius 3 is 2.58 bits per heavy atom. The molecule has 3 N–H and O–H groups in total. The number of amides is 1. The second-order valence-corrected chi connectivity index (χ2v) is 5.01. The van der Waals surface area contributed by atoms with E-state index in [1.54, 1.807) is 12.1 Å². The largest absolute Gasteiger partial charge is 0.478 e. The van der Waals surface area contributed by atoms with Crippen molar-refractivity contribution in [3.8, 4) is 0 Å². The Morgan fingerprint density at radius 2 is 2.00 bits per heavy atom. The molecular weight excluding hydrogens is 244 g/mol. The molecule has 5 nitrogen and oxygen atoms in total. The summed E-state index contributed by atoms with van der Waals surface area (Å²) in [7, 11) is 0. The predicted octanol–water partition coefficient (Wildman–Crippen LogP) is 1.71. The minimum atomic E-state index is -0.972. The van der Waals surface area contributed by atoms with Crippen LogP contribution in [0.3, 0.4) is 0 Å². The van der Waals surface area contributed by atoms with E-state index in [9.17, 15) is 9.59 Å². The molecule has 0 saturated carbocycles. The molecule has 1 fully saturated rings. The van der Waals surface area contributed by atoms with Gasteiger partial charge in [0.1, 0.15) is 0 Å². The standard InChI is InChI=1S/C14H18N2O3/c1-9-6-7-15-12(8-9)13(17)16-11-4-2-10(3-5-11)14(18)19/h2-5,9,12,15H,6-8H2,1H3,(H,16,17)(H,18,19). The van der Waals surface area contributed by atoms with Gasteiger partial charge in [-0.1, -0.05) is 6.92 Å². The Morgan fingerprint density at radius 1 is 1.32 bits per heavy atom. The summed E-state index contributed by atoms with van der Waals surface area (Å²) in [6, 6.07) is 6.01. The van der Waals surface area contributed by atoms with Crippen molar-refractivity contribution in [2.75, 3.05) is 11.9 Å². The number of benzene rings is 1. The van der Waals surface area contributed by atoms with E-state index in [2.05, 4.69) is 17.6 Å². The second-order valence-electron chi connectivity index (χ2n) is 5.01. The van der Waals surface area contributed by atoms with Crippen LogP contribution in [0.4, 0.5) is 5.69 Å². The van der Waals surface area contributed by atoms with E-state index in [4.69, 9.17) is 5.11 Å². The predicted molar refractivity (Wildman–Crippen MR) is 72.2 cm³/mol. The van der Waals surface area contributed by atoms with Crippen molar-refractivity contribution >= 4 is 17.6 Å². The molecule has 1 amide bonds. The molecule has 0 radical (unpaired) electrons. The first-order valence-electron chi connectivity index (χ1n) is 6.44. The highest BCUT2D eigenvalue weighted by Gasteiger charge is 2.24. The number of carbonyl (C=O) groups is 2. The first-order chi connectivity index (χ1) is 9.06. The highest BCUT2D eigenvalue weighted by Crippen LogP contribution is 2.17. The first-order valence-corrected chi connectivity index (χ1v) is 6.44. The van der Waals surface area contributed by atoms with E-state index < -0.39 is 5.97 Å². The lowest BCUT2D eigenvalue weighted by molar-refractivity contribution is -0.119. The molecule has 2 rings (SSSR count). The number of hydrogen-bond acceptors (Lipinski definition) is 3. The molecule has 2 atom stereocenters. The number of rotatable bonds is 3. The minimum Gasteiger partial charge on any atom is -0.478 e. The van der Waals surface area contributed by atoms with Crippen LogP contribution in [-0.2, 0) is 4.79 Å². The molecule has 1 aliphatic rings. The maximum absolute atomic E-state index is 12.0. The van der Waals surface area contributed by atoms with Gasteiger partial charge in [0.25, 0.3) is 0 Å². The number of piperidine rings is 1. The van der Waals surface area contributed by atoms with Crippen molar-refractivity contribution in [2.24, 2.45) is 5.92 Å². The summed E-state index contributed by atoms with van der Waals surface area (Å²) in [5.41, 5.74) is 0.831. The van der Waals surface area contributed by atoms with Crippen LogP contribution >= 0.6 is 0 Å². The Bertz CT molecular complexity index is 470. The lowest BCUT2D eigenvalue weighted by Crippen LogP contribution is -2.45. The van der Waals surface area contributed by atoms with Crippen molar-refractivity contribution in [1.82, 2.24) is 5.32 Å². The fourth-order valence-electron chi connectivity index (χ4n) is 2.23. The summed E-state index contributed by atoms with van der Waals surface area (Å²) in [5, 5.41) is 14.8. The van der Waals surface area contributed by atoms with Crippen LogP contribution in [0.25, 0.3) is 0 Å². The zero-order valence-corrected chi connectivity index (χ0v) is 10.8. The molecule has 102 valence electrons. The highest BCUT2D eigenvalue weighted by molar-refractivity contribution is 5.95. The molecule has 1 aromatic carbocycles. The molecular formula is C14H18N2O3. The third-order valence-electron chi connectivity index (χ3n) is 3.38. The third-order valence-corrected chi connectivity index (χ3v) is 3.38. The van der Waals surface area contributed by atoms with Crippen molar-refractivity contribution in [1.29, 1.82) is 0 Å². The van der Waals surface area contributed by atoms with Crippen LogP contribution in [0.2, 0.25) is 0 Å². The van der Waals surface area contributed by atoms with Crippen molar-refractivity contribution in [3.05, 3.63) is 29.8 Å². The summed E-state index contributed by atoms with van der Waals surface area (Å²) >= 11 is 0. The van der Waals surface area contributed by atoms with Crippen molar-refractivity contribution in [3.63, 3.8) is 0 Å². The molecule has 0 aromatic heterocycles. The van der Waals surface area contributed by atoms with Gasteiger partial charge in [-0.3, -0.25) is 4.79 Å². The molecule has 0 spiro atoms. The number of carboxylic acids is 1. The van der Waals surface area contributed by atoms with Crippen LogP contribution in [0.1, 0.15) is 30.1 Å². The molecule has 1 heterocycles. The second kappa shape index (κ2) is 5.84. The molecule has 0 aliphatic carbocycles. The monoisotopic (exact) mass is 262 g/mol. The summed E-state index contributed by atoms with van der Waals surface area (Å²) in [6.07, 6.45) is 1.93. The molecule has 19 heavy (non-hydrogen) atoms. The van der Waals surface area contributed by atoms with E-state index in [0.717, 1.165) is 19.4 Å². The zero-order chi connectivity index (χ0) is 13.8. The summed E-state index contributed by atoms with van der Waals surface area (Å²) in [5.74, 6) is -0.485. The SMILES string of the molecule is CC1CCNC(C(=O)Nc2ccc(C(=O)O)cc2)C1. The van der Waals surface area contributed by atoms with Gasteiger partial charge in [0.2, 0.25) is 5.91 Å². The van der Waals surface area contributed by atoms with E-state index in [1.807, 2.05) is 0 Å². The lowest BCUT2D eigenvalue weighted by Gasteiger charge is -2.27. The Hall–Kier alpha value is -1.88. The van der Waals surface area contributed by atoms with Crippen LogP contribution in [0, 0.1) is 5.92 Å². The van der Waals surface area contributed by atoms with Gasteiger partial charge in [0.15, 0.2) is 0 Å². The number of nitrogens with one attached hydrogen (secondary N) is 2.